The average molecular weight is 484 g/mol. The Morgan fingerprint density at radius 2 is 1.67 bits per heavy atom. The van der Waals surface area contributed by atoms with Crippen molar-refractivity contribution in [2.45, 2.75) is 31.6 Å². The van der Waals surface area contributed by atoms with E-state index in [4.69, 9.17) is 14.2 Å². The maximum absolute atomic E-state index is 13.8. The highest BCUT2D eigenvalue weighted by Crippen LogP contribution is 2.47. The van der Waals surface area contributed by atoms with Crippen LogP contribution in [0.5, 0.6) is 11.5 Å². The molecule has 184 valence electrons. The first-order valence-electron chi connectivity index (χ1n) is 12.0. The fourth-order valence-corrected chi connectivity index (χ4v) is 5.58. The lowest BCUT2D eigenvalue weighted by Gasteiger charge is -2.37. The van der Waals surface area contributed by atoms with E-state index in [9.17, 15) is 9.59 Å². The number of nitrogens with one attached hydrogen (secondary N) is 1. The Morgan fingerprint density at radius 1 is 0.917 bits per heavy atom. The van der Waals surface area contributed by atoms with Crippen molar-refractivity contribution < 1.29 is 23.8 Å². The normalized spacial score (nSPS) is 19.6. The van der Waals surface area contributed by atoms with Crippen molar-refractivity contribution in [2.75, 3.05) is 21.3 Å². The fraction of sp³-hybridized carbons (Fsp3) is 0.267. The van der Waals surface area contributed by atoms with Crippen molar-refractivity contribution in [1.29, 1.82) is 0 Å². The molecule has 0 aromatic heterocycles. The molecular weight excluding hydrogens is 454 g/mol. The van der Waals surface area contributed by atoms with Crippen molar-refractivity contribution in [3.05, 3.63) is 94.3 Å². The van der Waals surface area contributed by atoms with Crippen LogP contribution in [-0.4, -0.2) is 33.1 Å². The second-order valence-electron chi connectivity index (χ2n) is 9.19. The number of Topliss-reactive ketones (excluding diaryl/α,β-unsaturated/α-hetero) is 1. The van der Waals surface area contributed by atoms with Crippen LogP contribution < -0.4 is 14.8 Å². The zero-order chi connectivity index (χ0) is 25.4. The molecule has 2 atom stereocenters. The van der Waals surface area contributed by atoms with Crippen LogP contribution in [-0.2, 0) is 14.3 Å². The van der Waals surface area contributed by atoms with Gasteiger partial charge in [-0.15, -0.1) is 0 Å². The van der Waals surface area contributed by atoms with E-state index in [0.29, 0.717) is 41.2 Å². The van der Waals surface area contributed by atoms with Crippen LogP contribution in [0.4, 0.5) is 0 Å². The molecule has 6 nitrogen and oxygen atoms in total. The number of allylic oxidation sites excluding steroid dienone is 3. The molecule has 1 aliphatic heterocycles. The van der Waals surface area contributed by atoms with Crippen molar-refractivity contribution in [3.63, 3.8) is 0 Å². The first-order valence-corrected chi connectivity index (χ1v) is 12.0. The minimum Gasteiger partial charge on any atom is -0.493 e. The maximum Gasteiger partial charge on any atom is 0.336 e. The van der Waals surface area contributed by atoms with E-state index >= 15 is 0 Å². The van der Waals surface area contributed by atoms with Gasteiger partial charge in [-0.05, 0) is 53.3 Å². The van der Waals surface area contributed by atoms with Crippen LogP contribution in [0, 0.1) is 0 Å². The molecule has 6 heteroatoms. The van der Waals surface area contributed by atoms with E-state index in [0.717, 1.165) is 27.6 Å². The van der Waals surface area contributed by atoms with Crippen molar-refractivity contribution in [2.24, 2.45) is 0 Å². The van der Waals surface area contributed by atoms with Gasteiger partial charge in [0.25, 0.3) is 0 Å². The maximum atomic E-state index is 13.8. The van der Waals surface area contributed by atoms with Gasteiger partial charge in [0.2, 0.25) is 0 Å². The van der Waals surface area contributed by atoms with Gasteiger partial charge in [0.05, 0.1) is 26.9 Å². The van der Waals surface area contributed by atoms with E-state index in [1.807, 2.05) is 67.6 Å². The third-order valence-electron chi connectivity index (χ3n) is 7.25. The van der Waals surface area contributed by atoms with E-state index in [1.54, 1.807) is 14.2 Å². The molecule has 1 N–H and O–H groups in total. The molecule has 0 saturated carbocycles. The quantitative estimate of drug-likeness (QED) is 0.491. The zero-order valence-corrected chi connectivity index (χ0v) is 20.9. The van der Waals surface area contributed by atoms with Gasteiger partial charge in [-0.25, -0.2) is 4.79 Å². The number of hydrogen-bond donors (Lipinski definition) is 1. The third-order valence-corrected chi connectivity index (χ3v) is 7.25. The standard InChI is InChI=1S/C30H29NO5/c1-17-27(30(33)36-4)28(22-11-7-9-18-8-5-6-10-21(18)22)29-23(31-17)14-20(15-24(29)32)19-12-13-25(34-2)26(16-19)35-3/h5-13,16,20,28,31H,14-15H2,1-4H3/t20-,28+/m1/s1. The predicted octanol–water partition coefficient (Wildman–Crippen LogP) is 5.39. The van der Waals surface area contributed by atoms with Gasteiger partial charge in [0.1, 0.15) is 0 Å². The highest BCUT2D eigenvalue weighted by Gasteiger charge is 2.41. The minimum atomic E-state index is -0.501. The summed E-state index contributed by atoms with van der Waals surface area (Å²) >= 11 is 0. The molecule has 1 heterocycles. The van der Waals surface area contributed by atoms with E-state index in [1.165, 1.54) is 7.11 Å². The smallest absolute Gasteiger partial charge is 0.336 e. The van der Waals surface area contributed by atoms with Gasteiger partial charge in [-0.2, -0.15) is 0 Å². The Labute approximate surface area is 210 Å². The molecule has 0 amide bonds. The van der Waals surface area contributed by atoms with Gasteiger partial charge in [-0.3, -0.25) is 4.79 Å². The summed E-state index contributed by atoms with van der Waals surface area (Å²) in [6.45, 7) is 1.87. The predicted molar refractivity (Wildman–Crippen MR) is 138 cm³/mol. The third kappa shape index (κ3) is 3.92. The molecule has 0 saturated heterocycles. The van der Waals surface area contributed by atoms with E-state index in [2.05, 4.69) is 5.32 Å². The first-order chi connectivity index (χ1) is 17.5. The molecule has 36 heavy (non-hydrogen) atoms. The summed E-state index contributed by atoms with van der Waals surface area (Å²) in [5.74, 6) is 0.352. The monoisotopic (exact) mass is 483 g/mol. The molecule has 5 rings (SSSR count). The van der Waals surface area contributed by atoms with Crippen LogP contribution in [0.2, 0.25) is 0 Å². The van der Waals surface area contributed by atoms with Gasteiger partial charge in [0, 0.05) is 29.3 Å². The number of hydrogen-bond acceptors (Lipinski definition) is 6. The molecule has 1 aliphatic carbocycles. The van der Waals surface area contributed by atoms with Crippen molar-refractivity contribution in [3.8, 4) is 11.5 Å². The molecule has 2 aliphatic rings. The average Bonchev–Trinajstić information content (AvgIpc) is 2.91. The van der Waals surface area contributed by atoms with Gasteiger partial charge < -0.3 is 19.5 Å². The summed E-state index contributed by atoms with van der Waals surface area (Å²) in [6, 6.07) is 19.9. The lowest BCUT2D eigenvalue weighted by molar-refractivity contribution is -0.136. The van der Waals surface area contributed by atoms with Crippen molar-refractivity contribution in [1.82, 2.24) is 5.32 Å². The number of rotatable bonds is 5. The number of methoxy groups -OCH3 is 3. The van der Waals surface area contributed by atoms with Crippen LogP contribution in [0.15, 0.2) is 83.2 Å². The molecule has 0 bridgehead atoms. The second-order valence-corrected chi connectivity index (χ2v) is 9.19. The van der Waals surface area contributed by atoms with Gasteiger partial charge in [0.15, 0.2) is 17.3 Å². The van der Waals surface area contributed by atoms with Gasteiger partial charge in [-0.1, -0.05) is 48.5 Å². The molecule has 3 aromatic rings. The second kappa shape index (κ2) is 9.53. The molecule has 0 radical (unpaired) electrons. The van der Waals surface area contributed by atoms with E-state index < -0.39 is 11.9 Å². The Hall–Kier alpha value is -4.06. The SMILES string of the molecule is COC(=O)C1=C(C)NC2=C(C(=O)C[C@H](c3ccc(OC)c(OC)c3)C2)[C@H]1c1cccc2ccccc12. The number of benzene rings is 3. The minimum absolute atomic E-state index is 0.0235. The van der Waals surface area contributed by atoms with Crippen LogP contribution >= 0.6 is 0 Å². The highest BCUT2D eigenvalue weighted by molar-refractivity contribution is 6.05. The summed E-state index contributed by atoms with van der Waals surface area (Å²) in [5, 5.41) is 5.47. The topological polar surface area (TPSA) is 73.9 Å². The number of ketones is 1. The summed E-state index contributed by atoms with van der Waals surface area (Å²) in [6.07, 6.45) is 0.981. The molecule has 3 aromatic carbocycles. The Bertz CT molecular complexity index is 1430. The number of dihydropyridines is 1. The Balaban J connectivity index is 1.63. The van der Waals surface area contributed by atoms with Crippen molar-refractivity contribution >= 4 is 22.5 Å². The number of esters is 1. The molecule has 0 fully saturated rings. The zero-order valence-electron chi connectivity index (χ0n) is 20.9. The number of fused-ring (bicyclic) bond motifs is 1. The van der Waals surface area contributed by atoms with Crippen LogP contribution in [0.1, 0.15) is 42.7 Å². The first kappa shape index (κ1) is 23.7. The van der Waals surface area contributed by atoms with Crippen LogP contribution in [0.25, 0.3) is 10.8 Å². The summed E-state index contributed by atoms with van der Waals surface area (Å²) in [4.78, 5) is 26.9. The number of carbonyl (C=O) groups excluding carboxylic acids is 2. The Morgan fingerprint density at radius 3 is 2.42 bits per heavy atom. The lowest BCUT2D eigenvalue weighted by Crippen LogP contribution is -2.36. The largest absolute Gasteiger partial charge is 0.493 e. The molecular formula is C30H29NO5. The molecule has 0 unspecified atom stereocenters. The Kier molecular flexibility index (Phi) is 6.27. The lowest BCUT2D eigenvalue weighted by atomic mass is 9.71. The van der Waals surface area contributed by atoms with Gasteiger partial charge >= 0.3 is 5.97 Å². The fourth-order valence-electron chi connectivity index (χ4n) is 5.58. The highest BCUT2D eigenvalue weighted by atomic mass is 16.5. The summed E-state index contributed by atoms with van der Waals surface area (Å²) in [7, 11) is 4.59. The molecule has 0 spiro atoms. The summed E-state index contributed by atoms with van der Waals surface area (Å²) in [5.41, 5.74) is 4.63. The summed E-state index contributed by atoms with van der Waals surface area (Å²) < 4.78 is 16.0. The van der Waals surface area contributed by atoms with Crippen LogP contribution in [0.3, 0.4) is 0 Å². The number of ether oxygens (including phenoxy) is 3. The van der Waals surface area contributed by atoms with E-state index in [-0.39, 0.29) is 11.7 Å². The number of carbonyl (C=O) groups is 2.